The predicted molar refractivity (Wildman–Crippen MR) is 55.3 cm³/mol. The molecule has 0 spiro atoms. The monoisotopic (exact) mass is 202 g/mol. The highest BCUT2D eigenvalue weighted by molar-refractivity contribution is 4.68. The molecule has 0 aromatic rings. The fourth-order valence-corrected chi connectivity index (χ4v) is 1.73. The van der Waals surface area contributed by atoms with Gasteiger partial charge in [0.1, 0.15) is 0 Å². The van der Waals surface area contributed by atoms with Crippen LogP contribution in [0.4, 0.5) is 0 Å². The molecule has 3 nitrogen and oxygen atoms in total. The van der Waals surface area contributed by atoms with Gasteiger partial charge in [-0.2, -0.15) is 0 Å². The van der Waals surface area contributed by atoms with E-state index in [2.05, 4.69) is 6.92 Å². The summed E-state index contributed by atoms with van der Waals surface area (Å²) in [5.41, 5.74) is 0. The second kappa shape index (κ2) is 7.21. The molecular formula is C11H22O3. The summed E-state index contributed by atoms with van der Waals surface area (Å²) in [5, 5.41) is 9.62. The van der Waals surface area contributed by atoms with Gasteiger partial charge in [0.05, 0.1) is 18.8 Å². The molecule has 0 aromatic carbocycles. The number of aliphatic hydroxyl groups excluding tert-OH is 1. The zero-order chi connectivity index (χ0) is 10.2. The van der Waals surface area contributed by atoms with E-state index >= 15 is 0 Å². The summed E-state index contributed by atoms with van der Waals surface area (Å²) in [5.74, 6) is 0. The number of rotatable bonds is 6. The van der Waals surface area contributed by atoms with E-state index in [0.717, 1.165) is 32.5 Å². The van der Waals surface area contributed by atoms with E-state index in [9.17, 15) is 5.11 Å². The number of hydrogen-bond acceptors (Lipinski definition) is 3. The fraction of sp³-hybridized carbons (Fsp3) is 1.00. The molecule has 1 heterocycles. The molecule has 1 aliphatic heterocycles. The van der Waals surface area contributed by atoms with Crippen LogP contribution >= 0.6 is 0 Å². The van der Waals surface area contributed by atoms with E-state index in [4.69, 9.17) is 9.47 Å². The van der Waals surface area contributed by atoms with Crippen LogP contribution in [0.1, 0.15) is 39.0 Å². The Balaban J connectivity index is 2.03. The standard InChI is InChI=1S/C11H22O3/c1-2-6-13-9-10(12)8-11-5-3-4-7-14-11/h10-12H,2-9H2,1H3. The van der Waals surface area contributed by atoms with Crippen LogP contribution in [0, 0.1) is 0 Å². The maximum Gasteiger partial charge on any atom is 0.0798 e. The summed E-state index contributed by atoms with van der Waals surface area (Å²) in [7, 11) is 0. The number of aliphatic hydroxyl groups is 1. The van der Waals surface area contributed by atoms with Crippen LogP contribution in [-0.4, -0.2) is 37.1 Å². The van der Waals surface area contributed by atoms with Crippen molar-refractivity contribution in [3.05, 3.63) is 0 Å². The van der Waals surface area contributed by atoms with Crippen molar-refractivity contribution in [2.75, 3.05) is 19.8 Å². The van der Waals surface area contributed by atoms with Crippen LogP contribution < -0.4 is 0 Å². The van der Waals surface area contributed by atoms with E-state index < -0.39 is 0 Å². The van der Waals surface area contributed by atoms with Gasteiger partial charge in [-0.1, -0.05) is 6.92 Å². The Morgan fingerprint density at radius 2 is 2.36 bits per heavy atom. The largest absolute Gasteiger partial charge is 0.391 e. The molecule has 2 unspecified atom stereocenters. The van der Waals surface area contributed by atoms with Crippen LogP contribution in [0.15, 0.2) is 0 Å². The van der Waals surface area contributed by atoms with E-state index in [-0.39, 0.29) is 12.2 Å². The quantitative estimate of drug-likeness (QED) is 0.667. The topological polar surface area (TPSA) is 38.7 Å². The van der Waals surface area contributed by atoms with Crippen LogP contribution in [0.5, 0.6) is 0 Å². The van der Waals surface area contributed by atoms with Gasteiger partial charge in [-0.05, 0) is 25.7 Å². The molecule has 14 heavy (non-hydrogen) atoms. The summed E-state index contributed by atoms with van der Waals surface area (Å²) in [4.78, 5) is 0. The first kappa shape index (κ1) is 12.0. The third-order valence-corrected chi connectivity index (χ3v) is 2.47. The molecule has 0 bridgehead atoms. The second-order valence-corrected chi connectivity index (χ2v) is 3.95. The van der Waals surface area contributed by atoms with Crippen LogP contribution in [-0.2, 0) is 9.47 Å². The highest BCUT2D eigenvalue weighted by Gasteiger charge is 2.17. The van der Waals surface area contributed by atoms with E-state index in [1.165, 1.54) is 12.8 Å². The lowest BCUT2D eigenvalue weighted by molar-refractivity contribution is -0.0369. The second-order valence-electron chi connectivity index (χ2n) is 3.95. The van der Waals surface area contributed by atoms with Gasteiger partial charge in [0.25, 0.3) is 0 Å². The lowest BCUT2D eigenvalue weighted by Gasteiger charge is -2.24. The maximum atomic E-state index is 9.62. The molecule has 1 rings (SSSR count). The highest BCUT2D eigenvalue weighted by Crippen LogP contribution is 2.17. The normalized spacial score (nSPS) is 24.9. The fourth-order valence-electron chi connectivity index (χ4n) is 1.73. The SMILES string of the molecule is CCCOCC(O)CC1CCCCO1. The molecular weight excluding hydrogens is 180 g/mol. The number of hydrogen-bond donors (Lipinski definition) is 1. The minimum Gasteiger partial charge on any atom is -0.391 e. The summed E-state index contributed by atoms with van der Waals surface area (Å²) < 4.78 is 10.8. The molecule has 84 valence electrons. The van der Waals surface area contributed by atoms with Crippen molar-refractivity contribution < 1.29 is 14.6 Å². The van der Waals surface area contributed by atoms with Crippen molar-refractivity contribution >= 4 is 0 Å². The lowest BCUT2D eigenvalue weighted by atomic mass is 10.0. The van der Waals surface area contributed by atoms with Crippen molar-refractivity contribution in [2.45, 2.75) is 51.2 Å². The summed E-state index contributed by atoms with van der Waals surface area (Å²) in [6.45, 7) is 4.11. The molecule has 1 saturated heterocycles. The average Bonchev–Trinajstić information content (AvgIpc) is 2.20. The molecule has 1 N–H and O–H groups in total. The van der Waals surface area contributed by atoms with Crippen molar-refractivity contribution in [1.29, 1.82) is 0 Å². The Morgan fingerprint density at radius 1 is 1.50 bits per heavy atom. The molecule has 0 amide bonds. The summed E-state index contributed by atoms with van der Waals surface area (Å²) in [6, 6.07) is 0. The predicted octanol–water partition coefficient (Wildman–Crippen LogP) is 1.73. The van der Waals surface area contributed by atoms with E-state index in [1.807, 2.05) is 0 Å². The van der Waals surface area contributed by atoms with Gasteiger partial charge in [0.2, 0.25) is 0 Å². The maximum absolute atomic E-state index is 9.62. The molecule has 0 aromatic heterocycles. The molecule has 1 fully saturated rings. The van der Waals surface area contributed by atoms with E-state index in [1.54, 1.807) is 0 Å². The summed E-state index contributed by atoms with van der Waals surface area (Å²) in [6.07, 6.45) is 5.11. The summed E-state index contributed by atoms with van der Waals surface area (Å²) >= 11 is 0. The third kappa shape index (κ3) is 4.94. The van der Waals surface area contributed by atoms with Crippen molar-refractivity contribution in [3.63, 3.8) is 0 Å². The molecule has 0 saturated carbocycles. The minimum absolute atomic E-state index is 0.254. The van der Waals surface area contributed by atoms with Gasteiger partial charge in [-0.25, -0.2) is 0 Å². The smallest absolute Gasteiger partial charge is 0.0798 e. The van der Waals surface area contributed by atoms with Gasteiger partial charge in [0.15, 0.2) is 0 Å². The zero-order valence-corrected chi connectivity index (χ0v) is 9.08. The molecule has 3 heteroatoms. The highest BCUT2D eigenvalue weighted by atomic mass is 16.5. The first-order valence-corrected chi connectivity index (χ1v) is 5.70. The first-order valence-electron chi connectivity index (χ1n) is 5.70. The van der Waals surface area contributed by atoms with Crippen molar-refractivity contribution in [1.82, 2.24) is 0 Å². The Bertz CT molecular complexity index is 132. The Kier molecular flexibility index (Phi) is 6.15. The van der Waals surface area contributed by atoms with Gasteiger partial charge in [-0.15, -0.1) is 0 Å². The van der Waals surface area contributed by atoms with Crippen LogP contribution in [0.25, 0.3) is 0 Å². The molecule has 0 aliphatic carbocycles. The lowest BCUT2D eigenvalue weighted by Crippen LogP contribution is -2.27. The van der Waals surface area contributed by atoms with Gasteiger partial charge in [0, 0.05) is 19.6 Å². The number of ether oxygens (including phenoxy) is 2. The zero-order valence-electron chi connectivity index (χ0n) is 9.08. The van der Waals surface area contributed by atoms with Crippen LogP contribution in [0.2, 0.25) is 0 Å². The molecule has 0 radical (unpaired) electrons. The Labute approximate surface area is 86.4 Å². The first-order chi connectivity index (χ1) is 6.83. The van der Waals surface area contributed by atoms with Gasteiger partial charge in [-0.3, -0.25) is 0 Å². The van der Waals surface area contributed by atoms with E-state index in [0.29, 0.717) is 6.61 Å². The molecule has 2 atom stereocenters. The van der Waals surface area contributed by atoms with Gasteiger partial charge < -0.3 is 14.6 Å². The third-order valence-electron chi connectivity index (χ3n) is 2.47. The minimum atomic E-state index is -0.357. The Morgan fingerprint density at radius 3 is 3.00 bits per heavy atom. The van der Waals surface area contributed by atoms with Gasteiger partial charge >= 0.3 is 0 Å². The molecule has 1 aliphatic rings. The van der Waals surface area contributed by atoms with Crippen molar-refractivity contribution in [2.24, 2.45) is 0 Å². The van der Waals surface area contributed by atoms with Crippen molar-refractivity contribution in [3.8, 4) is 0 Å². The van der Waals surface area contributed by atoms with Crippen LogP contribution in [0.3, 0.4) is 0 Å². The average molecular weight is 202 g/mol. The Hall–Kier alpha value is -0.120.